The molecular formula is C54H40F6N8O5. The first-order chi connectivity index (χ1) is 34.8. The monoisotopic (exact) mass is 994 g/mol. The molecular weight excluding hydrogens is 955 g/mol. The molecule has 0 unspecified atom stereocenters. The number of carboxylic acids is 1. The van der Waals surface area contributed by atoms with Crippen molar-refractivity contribution in [3.05, 3.63) is 225 Å². The van der Waals surface area contributed by atoms with E-state index in [0.717, 1.165) is 17.5 Å². The van der Waals surface area contributed by atoms with E-state index in [1.807, 2.05) is 0 Å². The largest absolute Gasteiger partial charge is 0.478 e. The van der Waals surface area contributed by atoms with Crippen LogP contribution in [-0.2, 0) is 12.4 Å². The van der Waals surface area contributed by atoms with Crippen LogP contribution in [0.3, 0.4) is 0 Å². The van der Waals surface area contributed by atoms with Crippen molar-refractivity contribution in [3.8, 4) is 11.4 Å². The second-order valence-corrected chi connectivity index (χ2v) is 16.4. The molecule has 1 amide bonds. The lowest BCUT2D eigenvalue weighted by molar-refractivity contribution is -0.137. The number of fused-ring (bicyclic) bond motifs is 4. The highest BCUT2D eigenvalue weighted by atomic mass is 19.4. The Morgan fingerprint density at radius 1 is 0.562 bits per heavy atom. The Labute approximate surface area is 409 Å². The highest BCUT2D eigenvalue weighted by Gasteiger charge is 2.35. The quantitative estimate of drug-likeness (QED) is 0.130. The summed E-state index contributed by atoms with van der Waals surface area (Å²) in [7, 11) is 0. The van der Waals surface area contributed by atoms with Crippen LogP contribution in [0.25, 0.3) is 54.7 Å². The number of carboxylic acid groups (broad SMARTS) is 1. The number of carbonyl (C=O) groups excluding carboxylic acids is 1. The van der Waals surface area contributed by atoms with Crippen LogP contribution in [0.1, 0.15) is 69.2 Å². The van der Waals surface area contributed by atoms with Gasteiger partial charge in [-0.1, -0.05) is 60.7 Å². The molecule has 10 aromatic rings. The molecule has 73 heavy (non-hydrogen) atoms. The van der Waals surface area contributed by atoms with E-state index in [1.165, 1.54) is 51.9 Å². The highest BCUT2D eigenvalue weighted by molar-refractivity contribution is 6.05. The van der Waals surface area contributed by atoms with Gasteiger partial charge in [0, 0.05) is 76.8 Å². The number of benzene rings is 4. The number of hydrogen-bond acceptors (Lipinski definition) is 9. The number of aromatic carboxylic acids is 1. The van der Waals surface area contributed by atoms with Crippen molar-refractivity contribution in [2.45, 2.75) is 38.3 Å². The van der Waals surface area contributed by atoms with Crippen molar-refractivity contribution in [2.75, 3.05) is 0 Å². The number of carbonyl (C=O) groups is 2. The van der Waals surface area contributed by atoms with E-state index in [0.29, 0.717) is 39.2 Å². The van der Waals surface area contributed by atoms with Crippen molar-refractivity contribution >= 4 is 55.2 Å². The summed E-state index contributed by atoms with van der Waals surface area (Å²) in [5.41, 5.74) is 5.43. The molecule has 0 saturated heterocycles. The number of pyridine rings is 6. The summed E-state index contributed by atoms with van der Waals surface area (Å²) in [4.78, 5) is 66.6. The zero-order valence-corrected chi connectivity index (χ0v) is 38.4. The fourth-order valence-corrected chi connectivity index (χ4v) is 8.25. The van der Waals surface area contributed by atoms with E-state index in [9.17, 15) is 45.5 Å². The minimum Gasteiger partial charge on any atom is -0.478 e. The summed E-state index contributed by atoms with van der Waals surface area (Å²) in [6.45, 7) is 3.35. The Morgan fingerprint density at radius 2 is 0.986 bits per heavy atom. The van der Waals surface area contributed by atoms with Crippen LogP contribution >= 0.6 is 0 Å². The molecule has 0 bridgehead atoms. The topological polar surface area (TPSA) is 188 Å². The lowest BCUT2D eigenvalue weighted by Gasteiger charge is -2.22. The molecule has 10 rings (SSSR count). The first kappa shape index (κ1) is 50.3. The van der Waals surface area contributed by atoms with Gasteiger partial charge in [0.1, 0.15) is 5.56 Å². The Hall–Kier alpha value is -9.10. The van der Waals surface area contributed by atoms with Gasteiger partial charge in [-0.15, -0.1) is 0 Å². The van der Waals surface area contributed by atoms with Crippen molar-refractivity contribution in [1.82, 2.24) is 34.4 Å². The Morgan fingerprint density at radius 3 is 1.44 bits per heavy atom. The predicted octanol–water partition coefficient (Wildman–Crippen LogP) is 10.8. The van der Waals surface area contributed by atoms with E-state index in [-0.39, 0.29) is 27.3 Å². The van der Waals surface area contributed by atoms with Crippen LogP contribution in [-0.4, -0.2) is 46.1 Å². The Balaban J connectivity index is 0.000000164. The van der Waals surface area contributed by atoms with Crippen LogP contribution in [0, 0.1) is 0 Å². The van der Waals surface area contributed by atoms with Crippen LogP contribution in [0.4, 0.5) is 26.3 Å². The number of aromatic nitrogens is 6. The zero-order valence-electron chi connectivity index (χ0n) is 38.4. The molecule has 4 aromatic carbocycles. The van der Waals surface area contributed by atoms with E-state index < -0.39 is 63.9 Å². The van der Waals surface area contributed by atoms with Crippen LogP contribution in [0.2, 0.25) is 0 Å². The molecule has 2 atom stereocenters. The van der Waals surface area contributed by atoms with Gasteiger partial charge in [-0.05, 0) is 97.4 Å². The summed E-state index contributed by atoms with van der Waals surface area (Å²) >= 11 is 0. The molecule has 368 valence electrons. The van der Waals surface area contributed by atoms with Gasteiger partial charge in [0.05, 0.1) is 44.5 Å². The van der Waals surface area contributed by atoms with E-state index >= 15 is 0 Å². The van der Waals surface area contributed by atoms with Crippen LogP contribution in [0.5, 0.6) is 0 Å². The average Bonchev–Trinajstić information content (AvgIpc) is 3.38. The maximum atomic E-state index is 13.8. The number of nitrogens with zero attached hydrogens (tertiary/aromatic N) is 6. The van der Waals surface area contributed by atoms with Gasteiger partial charge < -0.3 is 16.2 Å². The second kappa shape index (κ2) is 20.7. The van der Waals surface area contributed by atoms with Crippen molar-refractivity contribution < 1.29 is 41.0 Å². The van der Waals surface area contributed by atoms with Gasteiger partial charge in [0.15, 0.2) is 0 Å². The number of para-hydroxylation sites is 2. The third-order valence-corrected chi connectivity index (χ3v) is 11.5. The molecule has 0 saturated carbocycles. The van der Waals surface area contributed by atoms with E-state index in [4.69, 9.17) is 10.8 Å². The molecule has 6 aromatic heterocycles. The minimum atomic E-state index is -4.71. The van der Waals surface area contributed by atoms with Crippen LogP contribution in [0.15, 0.2) is 180 Å². The first-order valence-electron chi connectivity index (χ1n) is 22.1. The van der Waals surface area contributed by atoms with Gasteiger partial charge in [-0.25, -0.2) is 4.79 Å². The average molecular weight is 995 g/mol. The number of nitrogens with two attached hydrogens (primary N) is 1. The second-order valence-electron chi connectivity index (χ2n) is 16.4. The lowest BCUT2D eigenvalue weighted by Crippen LogP contribution is -2.32. The highest BCUT2D eigenvalue weighted by Crippen LogP contribution is 2.36. The predicted molar refractivity (Wildman–Crippen MR) is 264 cm³/mol. The molecule has 0 aliphatic rings. The Kier molecular flexibility index (Phi) is 14.3. The minimum absolute atomic E-state index is 0.131. The summed E-state index contributed by atoms with van der Waals surface area (Å²) < 4.78 is 83.7. The molecule has 0 spiro atoms. The maximum absolute atomic E-state index is 13.8. The molecule has 13 nitrogen and oxygen atoms in total. The summed E-state index contributed by atoms with van der Waals surface area (Å²) in [5, 5.41) is 12.7. The first-order valence-corrected chi connectivity index (χ1v) is 22.1. The zero-order chi connectivity index (χ0) is 52.2. The number of halogens is 6. The summed E-state index contributed by atoms with van der Waals surface area (Å²) in [5.74, 6) is -1.48. The molecule has 4 N–H and O–H groups in total. The van der Waals surface area contributed by atoms with Gasteiger partial charge in [0.25, 0.3) is 17.0 Å². The third-order valence-electron chi connectivity index (χ3n) is 11.5. The molecule has 19 heteroatoms. The molecule has 0 aliphatic heterocycles. The van der Waals surface area contributed by atoms with Gasteiger partial charge in [0.2, 0.25) is 0 Å². The van der Waals surface area contributed by atoms with Gasteiger partial charge >= 0.3 is 18.3 Å². The van der Waals surface area contributed by atoms with Crippen molar-refractivity contribution in [1.29, 1.82) is 0 Å². The SMILES string of the molecule is C[C@H](N)c1cc2cccc(C(F)(F)F)c2c(=O)n1-c1ccccc1.C[C@H](NC(=O)c1cncc2cccnc12)c1cc2cccc(C(F)(F)F)c2c(=O)n1-c1ccccc1.O=C(O)c1cncc2cccnc12. The third kappa shape index (κ3) is 10.5. The molecule has 0 aliphatic carbocycles. The molecule has 6 heterocycles. The number of amides is 1. The van der Waals surface area contributed by atoms with Gasteiger partial charge in [-0.3, -0.25) is 43.5 Å². The number of nitrogens with one attached hydrogen (secondary N) is 1. The molecule has 0 radical (unpaired) electrons. The fourth-order valence-electron chi connectivity index (χ4n) is 8.25. The van der Waals surface area contributed by atoms with Crippen molar-refractivity contribution in [3.63, 3.8) is 0 Å². The molecule has 0 fully saturated rings. The smallest absolute Gasteiger partial charge is 0.417 e. The summed E-state index contributed by atoms with van der Waals surface area (Å²) in [6, 6.07) is 33.0. The number of hydrogen-bond donors (Lipinski definition) is 3. The summed E-state index contributed by atoms with van der Waals surface area (Å²) in [6.07, 6.45) is -0.292. The van der Waals surface area contributed by atoms with E-state index in [2.05, 4.69) is 25.3 Å². The Bertz CT molecular complexity index is 3800. The number of rotatable bonds is 7. The normalized spacial score (nSPS) is 12.3. The van der Waals surface area contributed by atoms with E-state index in [1.54, 1.807) is 130 Å². The van der Waals surface area contributed by atoms with Crippen molar-refractivity contribution in [2.24, 2.45) is 5.73 Å². The lowest BCUT2D eigenvalue weighted by atomic mass is 10.0. The maximum Gasteiger partial charge on any atom is 0.417 e. The number of alkyl halides is 6. The standard InChI is InChI=1S/C27H19F3N4O2.C18H15F3N2O.C9H6N2O2/c1-16(33-25(35)20-15-31-14-18-8-6-12-32-24(18)20)22-13-17-7-5-11-21(27(28,29)30)23(17)26(36)34(22)19-9-3-2-4-10-19;1-11(22)15-10-12-6-5-9-14(18(19,20)21)16(12)17(24)23(15)13-7-3-2-4-8-13;12-9(13)7-5-10-4-6-2-1-3-11-8(6)7/h2-16H,1H3,(H,33,35);2-11H,22H2,1H3;1-5H,(H,12,13)/t16-;11-;/m00./s1. The van der Waals surface area contributed by atoms with Gasteiger partial charge in [-0.2, -0.15) is 26.3 Å². The fraction of sp³-hybridized carbons (Fsp3) is 0.111. The van der Waals surface area contributed by atoms with Crippen LogP contribution < -0.4 is 22.2 Å².